The maximum atomic E-state index is 12.0. The molecule has 0 bridgehead atoms. The minimum absolute atomic E-state index is 0.0170. The summed E-state index contributed by atoms with van der Waals surface area (Å²) in [7, 11) is 0. The number of hydrogen-bond acceptors (Lipinski definition) is 3. The number of carboxylic acids is 1. The van der Waals surface area contributed by atoms with Crippen LogP contribution in [0.4, 0.5) is 13.2 Å². The Hall–Kier alpha value is -1.60. The van der Waals surface area contributed by atoms with Crippen LogP contribution in [0.1, 0.15) is 15.2 Å². The second-order valence-electron chi connectivity index (χ2n) is 3.82. The summed E-state index contributed by atoms with van der Waals surface area (Å²) in [5, 5.41) is 9.68. The lowest BCUT2D eigenvalue weighted by Gasteiger charge is -2.07. The number of ether oxygens (including phenoxy) is 1. The summed E-state index contributed by atoms with van der Waals surface area (Å²) in [4.78, 5) is 11.1. The third-order valence-corrected chi connectivity index (χ3v) is 3.61. The van der Waals surface area contributed by atoms with Crippen molar-refractivity contribution in [2.24, 2.45) is 0 Å². The Labute approximate surface area is 110 Å². The highest BCUT2D eigenvalue weighted by Crippen LogP contribution is 2.32. The standard InChI is InChI=1S/C12H9F3O3S/c13-12(14,15)6-18-5-8-7-3-1-2-4-9(7)19-10(8)11(16)17/h1-4H,5-6H2,(H,16,17). The van der Waals surface area contributed by atoms with Crippen molar-refractivity contribution in [3.05, 3.63) is 34.7 Å². The first-order valence-electron chi connectivity index (χ1n) is 5.26. The molecular weight excluding hydrogens is 281 g/mol. The molecule has 0 aliphatic carbocycles. The zero-order chi connectivity index (χ0) is 14.0. The van der Waals surface area contributed by atoms with Crippen LogP contribution in [0.2, 0.25) is 0 Å². The highest BCUT2D eigenvalue weighted by molar-refractivity contribution is 7.21. The van der Waals surface area contributed by atoms with E-state index in [1.165, 1.54) is 0 Å². The van der Waals surface area contributed by atoms with Gasteiger partial charge in [-0.3, -0.25) is 0 Å². The summed E-state index contributed by atoms with van der Waals surface area (Å²) in [6.45, 7) is -1.76. The quantitative estimate of drug-likeness (QED) is 0.934. The molecule has 0 amide bonds. The van der Waals surface area contributed by atoms with Gasteiger partial charge in [-0.2, -0.15) is 13.2 Å². The molecule has 2 aromatic rings. The number of hydrogen-bond donors (Lipinski definition) is 1. The molecule has 0 aliphatic rings. The predicted octanol–water partition coefficient (Wildman–Crippen LogP) is 3.68. The van der Waals surface area contributed by atoms with Crippen LogP contribution < -0.4 is 0 Å². The summed E-state index contributed by atoms with van der Waals surface area (Å²) in [5.74, 6) is -1.16. The smallest absolute Gasteiger partial charge is 0.411 e. The largest absolute Gasteiger partial charge is 0.477 e. The van der Waals surface area contributed by atoms with E-state index >= 15 is 0 Å². The fourth-order valence-electron chi connectivity index (χ4n) is 1.68. The van der Waals surface area contributed by atoms with E-state index in [1.807, 2.05) is 0 Å². The summed E-state index contributed by atoms with van der Waals surface area (Å²) in [6, 6.07) is 6.84. The van der Waals surface area contributed by atoms with E-state index in [1.54, 1.807) is 24.3 Å². The number of benzene rings is 1. The van der Waals surface area contributed by atoms with Gasteiger partial charge < -0.3 is 9.84 Å². The van der Waals surface area contributed by atoms with Gasteiger partial charge in [0.2, 0.25) is 0 Å². The maximum absolute atomic E-state index is 12.0. The lowest BCUT2D eigenvalue weighted by Crippen LogP contribution is -2.17. The number of alkyl halides is 3. The molecule has 2 rings (SSSR count). The maximum Gasteiger partial charge on any atom is 0.411 e. The number of carbonyl (C=O) groups is 1. The molecule has 0 aliphatic heterocycles. The average Bonchev–Trinajstić information content (AvgIpc) is 2.67. The van der Waals surface area contributed by atoms with Gasteiger partial charge in [-0.15, -0.1) is 11.3 Å². The van der Waals surface area contributed by atoms with Crippen LogP contribution in [0.15, 0.2) is 24.3 Å². The van der Waals surface area contributed by atoms with Crippen LogP contribution in [0.3, 0.4) is 0 Å². The van der Waals surface area contributed by atoms with E-state index in [9.17, 15) is 18.0 Å². The summed E-state index contributed by atoms with van der Waals surface area (Å²) >= 11 is 1.03. The van der Waals surface area contributed by atoms with Crippen molar-refractivity contribution in [2.45, 2.75) is 12.8 Å². The Morgan fingerprint density at radius 1 is 1.32 bits per heavy atom. The van der Waals surface area contributed by atoms with Gasteiger partial charge >= 0.3 is 12.1 Å². The van der Waals surface area contributed by atoms with Gasteiger partial charge in [-0.25, -0.2) is 4.79 Å². The van der Waals surface area contributed by atoms with Crippen LogP contribution in [0, 0.1) is 0 Å². The van der Waals surface area contributed by atoms with Crippen molar-refractivity contribution in [2.75, 3.05) is 6.61 Å². The van der Waals surface area contributed by atoms with Crippen LogP contribution in [-0.2, 0) is 11.3 Å². The Morgan fingerprint density at radius 2 is 2.00 bits per heavy atom. The van der Waals surface area contributed by atoms with Crippen molar-refractivity contribution in [3.63, 3.8) is 0 Å². The first kappa shape index (κ1) is 13.8. The molecule has 0 saturated heterocycles. The fraction of sp³-hybridized carbons (Fsp3) is 0.250. The highest BCUT2D eigenvalue weighted by Gasteiger charge is 2.28. The van der Waals surface area contributed by atoms with E-state index in [2.05, 4.69) is 4.74 Å². The topological polar surface area (TPSA) is 46.5 Å². The van der Waals surface area contributed by atoms with Gasteiger partial charge in [0.1, 0.15) is 11.5 Å². The average molecular weight is 290 g/mol. The van der Waals surface area contributed by atoms with Gasteiger partial charge in [0, 0.05) is 10.3 Å². The van der Waals surface area contributed by atoms with Crippen molar-refractivity contribution in [1.82, 2.24) is 0 Å². The monoisotopic (exact) mass is 290 g/mol. The Kier molecular flexibility index (Phi) is 3.77. The Bertz CT molecular complexity index is 604. The Morgan fingerprint density at radius 3 is 2.63 bits per heavy atom. The molecule has 0 atom stereocenters. The second kappa shape index (κ2) is 5.18. The fourth-order valence-corrected chi connectivity index (χ4v) is 2.73. The van der Waals surface area contributed by atoms with Crippen LogP contribution in [-0.4, -0.2) is 23.9 Å². The molecule has 1 aromatic carbocycles. The molecular formula is C12H9F3O3S. The van der Waals surface area contributed by atoms with E-state index in [-0.39, 0.29) is 17.0 Å². The molecule has 0 spiro atoms. The lowest BCUT2D eigenvalue weighted by molar-refractivity contribution is -0.176. The lowest BCUT2D eigenvalue weighted by atomic mass is 10.1. The van der Waals surface area contributed by atoms with E-state index < -0.39 is 18.8 Å². The van der Waals surface area contributed by atoms with Crippen LogP contribution >= 0.6 is 11.3 Å². The molecule has 1 N–H and O–H groups in total. The molecule has 19 heavy (non-hydrogen) atoms. The molecule has 0 unspecified atom stereocenters. The van der Waals surface area contributed by atoms with Crippen molar-refractivity contribution in [1.29, 1.82) is 0 Å². The summed E-state index contributed by atoms with van der Waals surface area (Å²) in [6.07, 6.45) is -4.42. The van der Waals surface area contributed by atoms with Crippen molar-refractivity contribution in [3.8, 4) is 0 Å². The molecule has 0 saturated carbocycles. The summed E-state index contributed by atoms with van der Waals surface area (Å²) < 4.78 is 41.3. The zero-order valence-electron chi connectivity index (χ0n) is 9.53. The van der Waals surface area contributed by atoms with E-state index in [0.29, 0.717) is 10.1 Å². The van der Waals surface area contributed by atoms with E-state index in [0.717, 1.165) is 11.3 Å². The molecule has 0 radical (unpaired) electrons. The number of rotatable bonds is 4. The number of halogens is 3. The first-order chi connectivity index (χ1) is 8.88. The number of aromatic carboxylic acids is 1. The molecule has 1 heterocycles. The summed E-state index contributed by atoms with van der Waals surface area (Å²) in [5.41, 5.74) is 0.289. The predicted molar refractivity (Wildman–Crippen MR) is 64.5 cm³/mol. The SMILES string of the molecule is O=C(O)c1sc2ccccc2c1COCC(F)(F)F. The number of fused-ring (bicyclic) bond motifs is 1. The highest BCUT2D eigenvalue weighted by atomic mass is 32.1. The van der Waals surface area contributed by atoms with Gasteiger partial charge in [-0.05, 0) is 11.5 Å². The molecule has 1 aromatic heterocycles. The van der Waals surface area contributed by atoms with Gasteiger partial charge in [0.05, 0.1) is 6.61 Å². The van der Waals surface area contributed by atoms with Crippen molar-refractivity contribution >= 4 is 27.4 Å². The minimum Gasteiger partial charge on any atom is -0.477 e. The third kappa shape index (κ3) is 3.24. The van der Waals surface area contributed by atoms with E-state index in [4.69, 9.17) is 5.11 Å². The molecule has 102 valence electrons. The molecule has 7 heteroatoms. The number of carboxylic acid groups (broad SMARTS) is 1. The third-order valence-electron chi connectivity index (χ3n) is 2.40. The molecule has 3 nitrogen and oxygen atoms in total. The zero-order valence-corrected chi connectivity index (χ0v) is 10.3. The van der Waals surface area contributed by atoms with Gasteiger partial charge in [0.15, 0.2) is 0 Å². The van der Waals surface area contributed by atoms with Crippen molar-refractivity contribution < 1.29 is 27.8 Å². The normalized spacial score (nSPS) is 11.9. The van der Waals surface area contributed by atoms with Gasteiger partial charge in [0.25, 0.3) is 0 Å². The first-order valence-corrected chi connectivity index (χ1v) is 6.08. The van der Waals surface area contributed by atoms with Gasteiger partial charge in [-0.1, -0.05) is 18.2 Å². The second-order valence-corrected chi connectivity index (χ2v) is 4.87. The van der Waals surface area contributed by atoms with Crippen LogP contribution in [0.5, 0.6) is 0 Å². The number of thiophene rings is 1. The Balaban J connectivity index is 2.29. The minimum atomic E-state index is -4.42. The van der Waals surface area contributed by atoms with Crippen LogP contribution in [0.25, 0.3) is 10.1 Å². The molecule has 0 fully saturated rings.